The molecule has 2 N–H and O–H groups in total. The molecule has 0 aliphatic heterocycles. The van der Waals surface area contributed by atoms with Gasteiger partial charge >= 0.3 is 5.97 Å². The lowest BCUT2D eigenvalue weighted by Gasteiger charge is -2.07. The van der Waals surface area contributed by atoms with E-state index in [1.165, 1.54) is 6.42 Å². The summed E-state index contributed by atoms with van der Waals surface area (Å²) in [4.78, 5) is 10.0. The molecule has 0 aromatic carbocycles. The fraction of sp³-hybridized carbons (Fsp3) is 0.500. The van der Waals surface area contributed by atoms with Crippen LogP contribution in [-0.2, 0) is 9.53 Å². The van der Waals surface area contributed by atoms with Crippen molar-refractivity contribution in [3.05, 3.63) is 19.1 Å². The third kappa shape index (κ3) is 7.24. The zero-order valence-corrected chi connectivity index (χ0v) is 6.77. The molecule has 4 nitrogen and oxygen atoms in total. The zero-order valence-electron chi connectivity index (χ0n) is 6.77. The summed E-state index contributed by atoms with van der Waals surface area (Å²) in [7, 11) is 0. The highest BCUT2D eigenvalue weighted by Gasteiger charge is 2.06. The van der Waals surface area contributed by atoms with Crippen LogP contribution in [0.2, 0.25) is 0 Å². The van der Waals surface area contributed by atoms with Crippen molar-refractivity contribution in [1.82, 2.24) is 0 Å². The van der Waals surface area contributed by atoms with Gasteiger partial charge in [0.1, 0.15) is 0 Å². The topological polar surface area (TPSA) is 66.8 Å². The number of carboxylic acid groups (broad SMARTS) is 1. The molecule has 0 aliphatic rings. The predicted octanol–water partition coefficient (Wildman–Crippen LogP) is 0.229. The maximum absolute atomic E-state index is 10.0. The highest BCUT2D eigenvalue weighted by atomic mass is 16.5. The summed E-state index contributed by atoms with van der Waals surface area (Å²) >= 11 is 0. The standard InChI is InChI=1S/C8H13O4/c1-2-5-12-6-7(9)3-4-8(10)11/h2-3,7,9H,1,4-6H2,(H,10,11). The smallest absolute Gasteiger partial charge is 0.303 e. The van der Waals surface area contributed by atoms with Gasteiger partial charge in [0.05, 0.1) is 25.7 Å². The van der Waals surface area contributed by atoms with E-state index >= 15 is 0 Å². The van der Waals surface area contributed by atoms with E-state index in [9.17, 15) is 4.79 Å². The fourth-order valence-corrected chi connectivity index (χ4v) is 0.577. The minimum absolute atomic E-state index is 0.110. The summed E-state index contributed by atoms with van der Waals surface area (Å²) in [5, 5.41) is 17.3. The number of carboxylic acids is 1. The summed E-state index contributed by atoms with van der Waals surface area (Å²) in [6, 6.07) is 0. The third-order valence-corrected chi connectivity index (χ3v) is 1.09. The van der Waals surface area contributed by atoms with Gasteiger partial charge in [-0.15, -0.1) is 6.58 Å². The van der Waals surface area contributed by atoms with Crippen LogP contribution in [0.5, 0.6) is 0 Å². The van der Waals surface area contributed by atoms with Crippen LogP contribution in [0.1, 0.15) is 6.42 Å². The van der Waals surface area contributed by atoms with Crippen LogP contribution >= 0.6 is 0 Å². The van der Waals surface area contributed by atoms with Crippen molar-refractivity contribution in [2.24, 2.45) is 0 Å². The second kappa shape index (κ2) is 6.82. The quantitative estimate of drug-likeness (QED) is 0.427. The van der Waals surface area contributed by atoms with Crippen LogP contribution in [0, 0.1) is 6.42 Å². The minimum Gasteiger partial charge on any atom is -0.481 e. The molecule has 0 saturated carbocycles. The molecule has 12 heavy (non-hydrogen) atoms. The summed E-state index contributed by atoms with van der Waals surface area (Å²) in [6.45, 7) is 3.89. The van der Waals surface area contributed by atoms with Crippen molar-refractivity contribution >= 4 is 5.97 Å². The molecule has 4 heteroatoms. The number of hydrogen-bond acceptors (Lipinski definition) is 3. The molecule has 1 atom stereocenters. The molecule has 0 aromatic rings. The lowest BCUT2D eigenvalue weighted by atomic mass is 10.2. The SMILES string of the molecule is C=CCOCC(O)[CH]CC(=O)O. The molecule has 69 valence electrons. The van der Waals surface area contributed by atoms with Crippen LogP contribution in [-0.4, -0.2) is 35.5 Å². The lowest BCUT2D eigenvalue weighted by molar-refractivity contribution is -0.136. The summed E-state index contributed by atoms with van der Waals surface area (Å²) in [5.74, 6) is -0.960. The summed E-state index contributed by atoms with van der Waals surface area (Å²) < 4.78 is 4.88. The van der Waals surface area contributed by atoms with Crippen molar-refractivity contribution in [2.45, 2.75) is 12.5 Å². The Morgan fingerprint density at radius 2 is 2.33 bits per heavy atom. The molecule has 0 rings (SSSR count). The van der Waals surface area contributed by atoms with Crippen LogP contribution in [0.25, 0.3) is 0 Å². The van der Waals surface area contributed by atoms with E-state index in [0.717, 1.165) is 0 Å². The molecule has 0 spiro atoms. The van der Waals surface area contributed by atoms with Gasteiger partial charge in [0.15, 0.2) is 0 Å². The van der Waals surface area contributed by atoms with Gasteiger partial charge in [0, 0.05) is 6.42 Å². The third-order valence-electron chi connectivity index (χ3n) is 1.09. The van der Waals surface area contributed by atoms with Gasteiger partial charge < -0.3 is 14.9 Å². The van der Waals surface area contributed by atoms with Crippen molar-refractivity contribution in [3.63, 3.8) is 0 Å². The molecular formula is C8H13O4. The van der Waals surface area contributed by atoms with Gasteiger partial charge in [-0.2, -0.15) is 0 Å². The Morgan fingerprint density at radius 3 is 2.83 bits per heavy atom. The molecule has 0 heterocycles. The van der Waals surface area contributed by atoms with E-state index < -0.39 is 12.1 Å². The monoisotopic (exact) mass is 173 g/mol. The maximum atomic E-state index is 10.0. The number of aliphatic carboxylic acids is 1. The first-order valence-corrected chi connectivity index (χ1v) is 3.58. The molecule has 0 saturated heterocycles. The maximum Gasteiger partial charge on any atom is 0.303 e. The number of aliphatic hydroxyl groups excluding tert-OH is 1. The van der Waals surface area contributed by atoms with E-state index in [1.54, 1.807) is 6.08 Å². The van der Waals surface area contributed by atoms with Crippen molar-refractivity contribution < 1.29 is 19.7 Å². The molecule has 0 aliphatic carbocycles. The van der Waals surface area contributed by atoms with Crippen molar-refractivity contribution in [1.29, 1.82) is 0 Å². The average Bonchev–Trinajstić information content (AvgIpc) is 2.01. The Morgan fingerprint density at radius 1 is 1.67 bits per heavy atom. The van der Waals surface area contributed by atoms with Gasteiger partial charge in [-0.25, -0.2) is 0 Å². The van der Waals surface area contributed by atoms with Gasteiger partial charge in [-0.05, 0) is 0 Å². The molecule has 0 fully saturated rings. The fourth-order valence-electron chi connectivity index (χ4n) is 0.577. The van der Waals surface area contributed by atoms with Crippen molar-refractivity contribution in [2.75, 3.05) is 13.2 Å². The van der Waals surface area contributed by atoms with E-state index in [4.69, 9.17) is 14.9 Å². The molecule has 0 bridgehead atoms. The number of rotatable bonds is 7. The van der Waals surface area contributed by atoms with E-state index in [2.05, 4.69) is 6.58 Å². The molecule has 1 unspecified atom stereocenters. The second-order valence-corrected chi connectivity index (χ2v) is 2.23. The number of aliphatic hydroxyl groups is 1. The Balaban J connectivity index is 3.26. The predicted molar refractivity (Wildman–Crippen MR) is 43.6 cm³/mol. The first-order valence-electron chi connectivity index (χ1n) is 3.58. The summed E-state index contributed by atoms with van der Waals surface area (Å²) in [6.07, 6.45) is 1.87. The van der Waals surface area contributed by atoms with Crippen LogP contribution in [0.4, 0.5) is 0 Å². The zero-order chi connectivity index (χ0) is 9.40. The van der Waals surface area contributed by atoms with E-state index in [-0.39, 0.29) is 13.0 Å². The molecular weight excluding hydrogens is 160 g/mol. The van der Waals surface area contributed by atoms with Gasteiger partial charge in [-0.1, -0.05) is 6.08 Å². The van der Waals surface area contributed by atoms with Gasteiger partial charge in [-0.3, -0.25) is 4.79 Å². The number of hydrogen-bond donors (Lipinski definition) is 2. The highest BCUT2D eigenvalue weighted by Crippen LogP contribution is 1.95. The van der Waals surface area contributed by atoms with Gasteiger partial charge in [0.25, 0.3) is 0 Å². The Kier molecular flexibility index (Phi) is 6.32. The number of ether oxygens (including phenoxy) is 1. The Labute approximate surface area is 71.5 Å². The summed E-state index contributed by atoms with van der Waals surface area (Å²) in [5.41, 5.74) is 0. The molecule has 0 amide bonds. The Bertz CT molecular complexity index is 144. The van der Waals surface area contributed by atoms with E-state index in [1.807, 2.05) is 0 Å². The van der Waals surface area contributed by atoms with Crippen LogP contribution in [0.15, 0.2) is 12.7 Å². The normalized spacial score (nSPS) is 12.4. The van der Waals surface area contributed by atoms with Gasteiger partial charge in [0.2, 0.25) is 0 Å². The lowest BCUT2D eigenvalue weighted by Crippen LogP contribution is -2.17. The van der Waals surface area contributed by atoms with Crippen LogP contribution in [0.3, 0.4) is 0 Å². The largest absolute Gasteiger partial charge is 0.481 e. The second-order valence-electron chi connectivity index (χ2n) is 2.23. The Hall–Kier alpha value is -0.870. The molecule has 1 radical (unpaired) electrons. The molecule has 0 aromatic heterocycles. The van der Waals surface area contributed by atoms with E-state index in [0.29, 0.717) is 6.61 Å². The first kappa shape index (κ1) is 11.1. The first-order chi connectivity index (χ1) is 5.66. The average molecular weight is 173 g/mol. The van der Waals surface area contributed by atoms with Crippen LogP contribution < -0.4 is 0 Å². The number of carbonyl (C=O) groups is 1. The van der Waals surface area contributed by atoms with Crippen molar-refractivity contribution in [3.8, 4) is 0 Å². The highest BCUT2D eigenvalue weighted by molar-refractivity contribution is 5.68. The minimum atomic E-state index is -0.960.